The van der Waals surface area contributed by atoms with E-state index in [9.17, 15) is 10.1 Å². The number of hydrogen-bond acceptors (Lipinski definition) is 9. The molecule has 3 heterocycles. The Balaban J connectivity index is 1.15. The number of aryl methyl sites for hydroxylation is 1. The lowest BCUT2D eigenvalue weighted by molar-refractivity contribution is -0.128. The zero-order valence-corrected chi connectivity index (χ0v) is 30.4. The number of nitriles is 1. The molecule has 0 N–H and O–H groups in total. The summed E-state index contributed by atoms with van der Waals surface area (Å²) in [6, 6.07) is 16.0. The summed E-state index contributed by atoms with van der Waals surface area (Å²) in [5.41, 5.74) is 5.03. The van der Waals surface area contributed by atoms with Crippen LogP contribution in [0.4, 0.5) is 11.5 Å². The van der Waals surface area contributed by atoms with Crippen LogP contribution in [0.3, 0.4) is 0 Å². The van der Waals surface area contributed by atoms with Crippen LogP contribution in [0.5, 0.6) is 6.01 Å². The molecule has 1 unspecified atom stereocenters. The van der Waals surface area contributed by atoms with Gasteiger partial charge in [0.2, 0.25) is 5.91 Å². The highest BCUT2D eigenvalue weighted by molar-refractivity contribution is 8.00. The van der Waals surface area contributed by atoms with Crippen molar-refractivity contribution in [1.82, 2.24) is 19.8 Å². The van der Waals surface area contributed by atoms with Crippen molar-refractivity contribution >= 4 is 39.9 Å². The van der Waals surface area contributed by atoms with E-state index in [4.69, 9.17) is 14.7 Å². The SMILES string of the molecule is C=CC(=O)N1CCN(c2nc(OCSC(C)(C)N(C)C3C[C@]3(C)C3CC3)nc3c2CCN(c2cccc4cccc(C)c24)C3)C[C@@H]1CC#N. The third-order valence-electron chi connectivity index (χ3n) is 11.7. The summed E-state index contributed by atoms with van der Waals surface area (Å²) in [4.78, 5) is 31.7. The lowest BCUT2D eigenvalue weighted by Gasteiger charge is -2.42. The monoisotopic (exact) mass is 679 g/mol. The number of anilines is 2. The van der Waals surface area contributed by atoms with Crippen molar-refractivity contribution in [1.29, 1.82) is 5.26 Å². The third kappa shape index (κ3) is 6.48. The molecule has 0 radical (unpaired) electrons. The molecule has 3 aromatic rings. The molecule has 49 heavy (non-hydrogen) atoms. The number of hydrogen-bond donors (Lipinski definition) is 0. The zero-order chi connectivity index (χ0) is 34.5. The molecule has 1 amide bonds. The second-order valence-corrected chi connectivity index (χ2v) is 16.6. The summed E-state index contributed by atoms with van der Waals surface area (Å²) in [5.74, 6) is 2.05. The normalized spacial score (nSPS) is 23.7. The van der Waals surface area contributed by atoms with E-state index in [2.05, 4.69) is 98.5 Å². The van der Waals surface area contributed by atoms with Crippen molar-refractivity contribution in [3.05, 3.63) is 65.9 Å². The lowest BCUT2D eigenvalue weighted by Crippen LogP contribution is -2.55. The summed E-state index contributed by atoms with van der Waals surface area (Å²) >= 11 is 1.79. The van der Waals surface area contributed by atoms with Crippen LogP contribution < -0.4 is 14.5 Å². The van der Waals surface area contributed by atoms with E-state index >= 15 is 0 Å². The van der Waals surface area contributed by atoms with Crippen LogP contribution in [-0.4, -0.2) is 81.8 Å². The molecule has 258 valence electrons. The third-order valence-corrected chi connectivity index (χ3v) is 12.9. The van der Waals surface area contributed by atoms with E-state index in [1.165, 1.54) is 47.4 Å². The van der Waals surface area contributed by atoms with Gasteiger partial charge < -0.3 is 19.4 Å². The summed E-state index contributed by atoms with van der Waals surface area (Å²) in [7, 11) is 2.26. The van der Waals surface area contributed by atoms with Crippen molar-refractivity contribution in [3.63, 3.8) is 0 Å². The van der Waals surface area contributed by atoms with Crippen molar-refractivity contribution < 1.29 is 9.53 Å². The fraction of sp³-hybridized carbons (Fsp3) is 0.538. The molecule has 0 spiro atoms. The highest BCUT2D eigenvalue weighted by Crippen LogP contribution is 2.63. The van der Waals surface area contributed by atoms with E-state index in [1.807, 2.05) is 0 Å². The molecule has 7 rings (SSSR count). The van der Waals surface area contributed by atoms with Crippen LogP contribution in [0.1, 0.15) is 63.3 Å². The van der Waals surface area contributed by atoms with Crippen LogP contribution >= 0.6 is 11.8 Å². The van der Waals surface area contributed by atoms with Gasteiger partial charge in [-0.1, -0.05) is 55.6 Å². The number of carbonyl (C=O) groups excluding carboxylic acids is 1. The maximum absolute atomic E-state index is 12.7. The summed E-state index contributed by atoms with van der Waals surface area (Å²) in [6.07, 6.45) is 6.42. The molecule has 0 bridgehead atoms. The Labute approximate surface area is 295 Å². The molecule has 1 aromatic heterocycles. The van der Waals surface area contributed by atoms with Crippen LogP contribution in [-0.2, 0) is 17.8 Å². The Kier molecular flexibility index (Phi) is 9.03. The predicted octanol–water partition coefficient (Wildman–Crippen LogP) is 6.54. The Morgan fingerprint density at radius 2 is 1.96 bits per heavy atom. The highest BCUT2D eigenvalue weighted by Gasteiger charge is 2.61. The number of aromatic nitrogens is 2. The molecule has 2 aliphatic heterocycles. The highest BCUT2D eigenvalue weighted by atomic mass is 32.2. The van der Waals surface area contributed by atoms with Gasteiger partial charge in [-0.15, -0.1) is 0 Å². The number of fused-ring (bicyclic) bond motifs is 2. The Bertz CT molecular complexity index is 1800. The number of nitrogens with zero attached hydrogens (tertiary/aromatic N) is 7. The number of carbonyl (C=O) groups is 1. The number of ether oxygens (including phenoxy) is 1. The maximum Gasteiger partial charge on any atom is 0.319 e. The maximum atomic E-state index is 12.7. The van der Waals surface area contributed by atoms with Crippen LogP contribution in [0.25, 0.3) is 10.8 Å². The Morgan fingerprint density at radius 3 is 2.69 bits per heavy atom. The summed E-state index contributed by atoms with van der Waals surface area (Å²) in [5, 5.41) is 12.1. The van der Waals surface area contributed by atoms with Gasteiger partial charge in [0.05, 0.1) is 35.6 Å². The van der Waals surface area contributed by atoms with E-state index in [0.717, 1.165) is 36.0 Å². The van der Waals surface area contributed by atoms with Crippen LogP contribution in [0, 0.1) is 29.6 Å². The molecule has 2 aliphatic carbocycles. The van der Waals surface area contributed by atoms with Gasteiger partial charge in [-0.25, -0.2) is 0 Å². The van der Waals surface area contributed by atoms with E-state index in [1.54, 1.807) is 16.7 Å². The van der Waals surface area contributed by atoms with Crippen molar-refractivity contribution in [3.8, 4) is 12.1 Å². The fourth-order valence-corrected chi connectivity index (χ4v) is 9.03. The molecule has 9 nitrogen and oxygen atoms in total. The minimum atomic E-state index is -0.242. The Morgan fingerprint density at radius 1 is 1.18 bits per heavy atom. The first-order valence-electron chi connectivity index (χ1n) is 17.7. The van der Waals surface area contributed by atoms with Crippen LogP contribution in [0.2, 0.25) is 0 Å². The Hall–Kier alpha value is -3.81. The standard InChI is InChI=1S/C39H49N7O2S/c1-7-34(47)46-21-20-45(23-29(46)16-18-40)36-30-17-19-44(32-13-9-12-27-11-8-10-26(2)35(27)32)24-31(30)41-37(42-36)48-25-49-38(3,4)43(6)33-22-39(33,5)28-14-15-28/h7-13,28-29,33H,1,14-17,19-25H2,2-6H3/t29-,33?,39+/m0/s1. The number of benzene rings is 2. The average Bonchev–Trinajstić information content (AvgIpc) is 4.04. The molecule has 2 saturated carbocycles. The van der Waals surface area contributed by atoms with E-state index < -0.39 is 0 Å². The minimum absolute atomic E-state index is 0.101. The first kappa shape index (κ1) is 33.7. The lowest BCUT2D eigenvalue weighted by atomic mass is 9.99. The minimum Gasteiger partial charge on any atom is -0.452 e. The molecular formula is C39H49N7O2S. The fourth-order valence-electron chi connectivity index (χ4n) is 8.25. The first-order valence-corrected chi connectivity index (χ1v) is 18.7. The molecule has 1 saturated heterocycles. The van der Waals surface area contributed by atoms with Crippen LogP contribution in [0.15, 0.2) is 49.1 Å². The predicted molar refractivity (Wildman–Crippen MR) is 198 cm³/mol. The van der Waals surface area contributed by atoms with Gasteiger partial charge in [0, 0.05) is 48.9 Å². The van der Waals surface area contributed by atoms with E-state index in [-0.39, 0.29) is 23.2 Å². The number of thioether (sulfide) groups is 1. The molecule has 10 heteroatoms. The summed E-state index contributed by atoms with van der Waals surface area (Å²) < 4.78 is 6.42. The summed E-state index contributed by atoms with van der Waals surface area (Å²) in [6.45, 7) is 16.0. The van der Waals surface area contributed by atoms with Gasteiger partial charge in [0.1, 0.15) is 11.8 Å². The second kappa shape index (κ2) is 13.1. The molecule has 3 atom stereocenters. The zero-order valence-electron chi connectivity index (χ0n) is 29.6. The number of piperazine rings is 1. The van der Waals surface area contributed by atoms with Gasteiger partial charge in [-0.3, -0.25) is 9.69 Å². The molecule has 4 aliphatic rings. The first-order chi connectivity index (χ1) is 23.5. The molecular weight excluding hydrogens is 631 g/mol. The van der Waals surface area contributed by atoms with Gasteiger partial charge in [0.25, 0.3) is 0 Å². The number of amides is 1. The largest absolute Gasteiger partial charge is 0.452 e. The van der Waals surface area contributed by atoms with Gasteiger partial charge in [0.15, 0.2) is 0 Å². The topological polar surface area (TPSA) is 88.8 Å². The van der Waals surface area contributed by atoms with Crippen molar-refractivity contribution in [2.24, 2.45) is 11.3 Å². The quantitative estimate of drug-likeness (QED) is 0.166. The number of rotatable bonds is 11. The van der Waals surface area contributed by atoms with Gasteiger partial charge in [-0.2, -0.15) is 15.2 Å². The van der Waals surface area contributed by atoms with Crippen molar-refractivity contribution in [2.75, 3.05) is 49.0 Å². The van der Waals surface area contributed by atoms with Crippen molar-refractivity contribution in [2.45, 2.75) is 83.3 Å². The second-order valence-electron chi connectivity index (χ2n) is 15.0. The van der Waals surface area contributed by atoms with E-state index in [0.29, 0.717) is 49.6 Å². The average molecular weight is 680 g/mol. The van der Waals surface area contributed by atoms with Gasteiger partial charge >= 0.3 is 6.01 Å². The van der Waals surface area contributed by atoms with Gasteiger partial charge in [-0.05, 0) is 87.9 Å². The molecule has 3 fully saturated rings. The smallest absolute Gasteiger partial charge is 0.319 e. The molecule has 2 aromatic carbocycles.